The van der Waals surface area contributed by atoms with Crippen molar-refractivity contribution >= 4 is 9.90 Å². The topological polar surface area (TPSA) is 0 Å². The zero-order valence-corrected chi connectivity index (χ0v) is 7.60. The summed E-state index contributed by atoms with van der Waals surface area (Å²) >= 11 is 0. The van der Waals surface area contributed by atoms with E-state index in [-0.39, 0.29) is 29.4 Å². The summed E-state index contributed by atoms with van der Waals surface area (Å²) in [5.74, 6) is 0. The Morgan fingerprint density at radius 1 is 0.875 bits per heavy atom. The van der Waals surface area contributed by atoms with E-state index in [1.165, 1.54) is 0 Å². The molecule has 0 saturated heterocycles. The van der Waals surface area contributed by atoms with Crippen molar-refractivity contribution in [1.29, 1.82) is 0 Å². The van der Waals surface area contributed by atoms with E-state index in [0.717, 1.165) is 0 Å². The molecule has 0 heterocycles. The summed E-state index contributed by atoms with van der Waals surface area (Å²) in [7, 11) is 0. The van der Waals surface area contributed by atoms with Crippen LogP contribution in [0.1, 0.15) is 0 Å². The molecular weight excluding hydrogens is 204 g/mol. The van der Waals surface area contributed by atoms with Crippen LogP contribution < -0.4 is 0 Å². The third kappa shape index (κ3) is 4.43. The van der Waals surface area contributed by atoms with Crippen molar-refractivity contribution in [3.05, 3.63) is 36.4 Å². The van der Waals surface area contributed by atoms with Gasteiger partial charge in [-0.3, -0.25) is 0 Å². The van der Waals surface area contributed by atoms with Crippen molar-refractivity contribution in [2.75, 3.05) is 0 Å². The molecule has 0 aromatic heterocycles. The average Bonchev–Trinajstić information content (AvgIpc) is 1.72. The van der Waals surface area contributed by atoms with E-state index in [2.05, 4.69) is 6.07 Å². The van der Waals surface area contributed by atoms with Crippen molar-refractivity contribution in [3.63, 3.8) is 0 Å². The number of hydrogen-bond acceptors (Lipinski definition) is 0. The Kier molecular flexibility index (Phi) is 10.1. The second kappa shape index (κ2) is 7.27. The van der Waals surface area contributed by atoms with Crippen molar-refractivity contribution in [1.82, 2.24) is 0 Å². The molecule has 0 aliphatic heterocycles. The number of benzene rings is 1. The first-order chi connectivity index (χ1) is 3.00. The normalized spacial score (nSPS) is 6.00. The fraction of sp³-hybridized carbons (Fsp3) is 0. The van der Waals surface area contributed by atoms with Crippen molar-refractivity contribution in [2.24, 2.45) is 0 Å². The molecule has 0 aliphatic rings. The van der Waals surface area contributed by atoms with Crippen LogP contribution in [0.5, 0.6) is 0 Å². The molecule has 0 spiro atoms. The van der Waals surface area contributed by atoms with E-state index in [9.17, 15) is 0 Å². The molecule has 1 radical (unpaired) electrons. The summed E-state index contributed by atoms with van der Waals surface area (Å²) in [6, 6.07) is 12.5. The molecule has 0 saturated carbocycles. The standard InChI is InChI=1S/C6H5.H3P.Ru/c1-2-4-6-5-3-1;;/h1-5H;1H3;/q-1;;+1. The molecule has 45 valence electrons. The maximum Gasteiger partial charge on any atom is 1.00 e. The molecule has 0 fully saturated rings. The third-order valence-electron chi connectivity index (χ3n) is 0.607. The van der Waals surface area contributed by atoms with Gasteiger partial charge in [-0.15, -0.1) is 0 Å². The fourth-order valence-electron chi connectivity index (χ4n) is 0.342. The quantitative estimate of drug-likeness (QED) is 0.347. The maximum atomic E-state index is 2.89. The minimum Gasteiger partial charge on any atom is -0.184 e. The molecule has 1 aromatic rings. The van der Waals surface area contributed by atoms with Gasteiger partial charge in [-0.25, -0.2) is 0 Å². The van der Waals surface area contributed by atoms with E-state index in [0.29, 0.717) is 0 Å². The van der Waals surface area contributed by atoms with Gasteiger partial charge in [-0.1, -0.05) is 0 Å². The summed E-state index contributed by atoms with van der Waals surface area (Å²) in [6.45, 7) is 0. The molecule has 1 rings (SSSR count). The summed E-state index contributed by atoms with van der Waals surface area (Å²) < 4.78 is 0. The van der Waals surface area contributed by atoms with E-state index in [1.54, 1.807) is 0 Å². The average molecular weight is 212 g/mol. The number of hydrogen-bond donors (Lipinski definition) is 0. The Bertz CT molecular complexity index is 80.5. The van der Waals surface area contributed by atoms with Gasteiger partial charge in [-0.2, -0.15) is 46.3 Å². The Balaban J connectivity index is 0. The first-order valence-corrected chi connectivity index (χ1v) is 1.91. The summed E-state index contributed by atoms with van der Waals surface area (Å²) in [5, 5.41) is 0. The molecule has 2 heteroatoms. The third-order valence-corrected chi connectivity index (χ3v) is 0.607. The first-order valence-electron chi connectivity index (χ1n) is 1.91. The van der Waals surface area contributed by atoms with Gasteiger partial charge in [0.05, 0.1) is 0 Å². The van der Waals surface area contributed by atoms with Gasteiger partial charge in [0.1, 0.15) is 0 Å². The van der Waals surface area contributed by atoms with Crippen molar-refractivity contribution in [2.45, 2.75) is 0 Å². The van der Waals surface area contributed by atoms with Crippen LogP contribution in [-0.2, 0) is 19.5 Å². The molecule has 1 unspecified atom stereocenters. The van der Waals surface area contributed by atoms with Crippen LogP contribution in [0.15, 0.2) is 30.3 Å². The minimum absolute atomic E-state index is 0. The van der Waals surface area contributed by atoms with E-state index in [1.807, 2.05) is 30.3 Å². The van der Waals surface area contributed by atoms with Crippen LogP contribution in [0.3, 0.4) is 0 Å². The van der Waals surface area contributed by atoms with Crippen LogP contribution >= 0.6 is 9.90 Å². The van der Waals surface area contributed by atoms with Crippen LogP contribution in [0, 0.1) is 6.07 Å². The second-order valence-electron chi connectivity index (χ2n) is 1.08. The van der Waals surface area contributed by atoms with Crippen LogP contribution in [0.2, 0.25) is 0 Å². The Morgan fingerprint density at radius 3 is 1.50 bits per heavy atom. The van der Waals surface area contributed by atoms with E-state index < -0.39 is 0 Å². The summed E-state index contributed by atoms with van der Waals surface area (Å²) in [4.78, 5) is 0. The Morgan fingerprint density at radius 2 is 1.38 bits per heavy atom. The molecular formula is C6H8PRu. The molecule has 0 amide bonds. The minimum atomic E-state index is 0. The van der Waals surface area contributed by atoms with E-state index in [4.69, 9.17) is 0 Å². The van der Waals surface area contributed by atoms with E-state index >= 15 is 0 Å². The SMILES string of the molecule is P.[Ru+].[c-]1ccccc1. The predicted octanol–water partition coefficient (Wildman–Crippen LogP) is 1.54. The summed E-state index contributed by atoms with van der Waals surface area (Å²) in [6.07, 6.45) is 0. The van der Waals surface area contributed by atoms with Crippen LogP contribution in [0.4, 0.5) is 0 Å². The number of rotatable bonds is 0. The molecule has 1 aromatic carbocycles. The molecule has 0 nitrogen and oxygen atoms in total. The zero-order valence-electron chi connectivity index (χ0n) is 4.45. The van der Waals surface area contributed by atoms with Crippen LogP contribution in [0.25, 0.3) is 0 Å². The predicted molar refractivity (Wildman–Crippen MR) is 36.4 cm³/mol. The van der Waals surface area contributed by atoms with Gasteiger partial charge in [0.15, 0.2) is 0 Å². The van der Waals surface area contributed by atoms with Gasteiger partial charge in [0, 0.05) is 0 Å². The Labute approximate surface area is 66.1 Å². The van der Waals surface area contributed by atoms with Crippen molar-refractivity contribution < 1.29 is 19.5 Å². The molecule has 0 aliphatic carbocycles. The first kappa shape index (κ1) is 11.1. The largest absolute Gasteiger partial charge is 1.00 e. The fourth-order valence-corrected chi connectivity index (χ4v) is 0.342. The molecule has 0 bridgehead atoms. The van der Waals surface area contributed by atoms with Gasteiger partial charge >= 0.3 is 19.5 Å². The molecule has 1 atom stereocenters. The van der Waals surface area contributed by atoms with Crippen molar-refractivity contribution in [3.8, 4) is 0 Å². The maximum absolute atomic E-state index is 2.89. The van der Waals surface area contributed by atoms with Gasteiger partial charge < -0.3 is 0 Å². The smallest absolute Gasteiger partial charge is 0.184 e. The Hall–Kier alpha value is 0.273. The monoisotopic (exact) mass is 213 g/mol. The van der Waals surface area contributed by atoms with Gasteiger partial charge in [-0.05, 0) is 0 Å². The molecule has 0 N–H and O–H groups in total. The zero-order chi connectivity index (χ0) is 4.24. The summed E-state index contributed by atoms with van der Waals surface area (Å²) in [5.41, 5.74) is 0. The van der Waals surface area contributed by atoms with Gasteiger partial charge in [0.2, 0.25) is 0 Å². The van der Waals surface area contributed by atoms with Gasteiger partial charge in [0.25, 0.3) is 0 Å². The second-order valence-corrected chi connectivity index (χ2v) is 1.08. The molecule has 8 heavy (non-hydrogen) atoms. The van der Waals surface area contributed by atoms with Crippen LogP contribution in [-0.4, -0.2) is 0 Å².